The zero-order valence-electron chi connectivity index (χ0n) is 11.3. The molecular formula is C15H13F2NO2S2. The van der Waals surface area contributed by atoms with Crippen LogP contribution in [-0.4, -0.2) is 14.2 Å². The maximum Gasteiger partial charge on any atom is 0.288 e. The quantitative estimate of drug-likeness (QED) is 0.792. The number of hydrogen-bond donors (Lipinski definition) is 1. The lowest BCUT2D eigenvalue weighted by molar-refractivity contribution is 0.252. The van der Waals surface area contributed by atoms with E-state index in [0.717, 1.165) is 11.0 Å². The van der Waals surface area contributed by atoms with E-state index in [-0.39, 0.29) is 10.6 Å². The van der Waals surface area contributed by atoms with Gasteiger partial charge in [0.15, 0.2) is 0 Å². The number of halogens is 2. The summed E-state index contributed by atoms with van der Waals surface area (Å²) in [5, 5.41) is 1.01. The van der Waals surface area contributed by atoms with Crippen LogP contribution in [0.15, 0.2) is 64.9 Å². The van der Waals surface area contributed by atoms with E-state index in [1.165, 1.54) is 18.2 Å². The Morgan fingerprint density at radius 2 is 1.64 bits per heavy atom. The number of nitrogens with one attached hydrogen (secondary N) is 1. The Hall–Kier alpha value is -1.86. The Kier molecular flexibility index (Phi) is 5.57. The zero-order valence-corrected chi connectivity index (χ0v) is 13.0. The predicted molar refractivity (Wildman–Crippen MR) is 86.3 cm³/mol. The van der Waals surface area contributed by atoms with Gasteiger partial charge in [-0.2, -0.15) is 8.78 Å². The molecule has 1 N–H and O–H groups in total. The van der Waals surface area contributed by atoms with E-state index in [1.807, 2.05) is 6.07 Å². The molecule has 0 heterocycles. The van der Waals surface area contributed by atoms with Crippen molar-refractivity contribution in [1.29, 1.82) is 0 Å². The lowest BCUT2D eigenvalue weighted by Crippen LogP contribution is -2.09. The van der Waals surface area contributed by atoms with Crippen LogP contribution in [0.3, 0.4) is 0 Å². The molecule has 116 valence electrons. The fourth-order valence-corrected chi connectivity index (χ4v) is 3.22. The number of anilines is 1. The minimum atomic E-state index is -3.78. The van der Waals surface area contributed by atoms with Gasteiger partial charge in [0.25, 0.3) is 15.8 Å². The molecule has 2 aromatic carbocycles. The summed E-state index contributed by atoms with van der Waals surface area (Å²) in [6.07, 6.45) is 1.44. The van der Waals surface area contributed by atoms with E-state index in [1.54, 1.807) is 36.4 Å². The molecule has 0 aromatic heterocycles. The molecule has 0 saturated carbocycles. The van der Waals surface area contributed by atoms with Crippen LogP contribution in [0.2, 0.25) is 0 Å². The van der Waals surface area contributed by atoms with Crippen molar-refractivity contribution < 1.29 is 17.2 Å². The van der Waals surface area contributed by atoms with Crippen LogP contribution in [0.25, 0.3) is 6.08 Å². The summed E-state index contributed by atoms with van der Waals surface area (Å²) in [7, 11) is -3.78. The highest BCUT2D eigenvalue weighted by atomic mass is 32.2. The minimum Gasteiger partial charge on any atom is -0.279 e. The fourth-order valence-electron chi connectivity index (χ4n) is 1.67. The van der Waals surface area contributed by atoms with Crippen molar-refractivity contribution in [2.75, 3.05) is 4.72 Å². The van der Waals surface area contributed by atoms with E-state index in [4.69, 9.17) is 0 Å². The first kappa shape index (κ1) is 16.5. The molecule has 22 heavy (non-hydrogen) atoms. The highest BCUT2D eigenvalue weighted by Gasteiger charge is 2.13. The topological polar surface area (TPSA) is 46.2 Å². The van der Waals surface area contributed by atoms with Crippen LogP contribution in [-0.2, 0) is 10.0 Å². The second-order valence-electron chi connectivity index (χ2n) is 4.24. The average Bonchev–Trinajstić information content (AvgIpc) is 2.48. The lowest BCUT2D eigenvalue weighted by Gasteiger charge is -2.09. The third-order valence-electron chi connectivity index (χ3n) is 2.59. The summed E-state index contributed by atoms with van der Waals surface area (Å²) < 4.78 is 51.3. The van der Waals surface area contributed by atoms with Crippen molar-refractivity contribution in [2.24, 2.45) is 0 Å². The zero-order chi connectivity index (χ0) is 16.0. The normalized spacial score (nSPS) is 12.0. The van der Waals surface area contributed by atoms with Crippen LogP contribution in [0, 0.1) is 0 Å². The van der Waals surface area contributed by atoms with E-state index in [2.05, 4.69) is 4.72 Å². The van der Waals surface area contributed by atoms with Gasteiger partial charge in [-0.15, -0.1) is 0 Å². The molecule has 0 atom stereocenters. The number of alkyl halides is 2. The monoisotopic (exact) mass is 341 g/mol. The number of rotatable bonds is 6. The van der Waals surface area contributed by atoms with Gasteiger partial charge in [0.1, 0.15) is 0 Å². The molecule has 0 fully saturated rings. The Balaban J connectivity index is 2.17. The van der Waals surface area contributed by atoms with Gasteiger partial charge < -0.3 is 0 Å². The SMILES string of the molecule is O=S(=O)(/C=C/c1ccccc1)Nc1ccccc1SC(F)F. The fraction of sp³-hybridized carbons (Fsp3) is 0.0667. The molecule has 0 radical (unpaired) electrons. The number of para-hydroxylation sites is 1. The molecule has 3 nitrogen and oxygen atoms in total. The Bertz CT molecular complexity index is 747. The van der Waals surface area contributed by atoms with Gasteiger partial charge in [-0.1, -0.05) is 54.2 Å². The van der Waals surface area contributed by atoms with Crippen LogP contribution in [0.1, 0.15) is 5.56 Å². The van der Waals surface area contributed by atoms with E-state index in [9.17, 15) is 17.2 Å². The van der Waals surface area contributed by atoms with E-state index >= 15 is 0 Å². The van der Waals surface area contributed by atoms with Crippen molar-refractivity contribution >= 4 is 33.5 Å². The average molecular weight is 341 g/mol. The maximum absolute atomic E-state index is 12.5. The number of thioether (sulfide) groups is 1. The molecule has 0 saturated heterocycles. The van der Waals surface area contributed by atoms with Crippen molar-refractivity contribution in [3.8, 4) is 0 Å². The lowest BCUT2D eigenvalue weighted by atomic mass is 10.2. The molecule has 0 aliphatic carbocycles. The van der Waals surface area contributed by atoms with Crippen molar-refractivity contribution in [1.82, 2.24) is 0 Å². The summed E-state index contributed by atoms with van der Waals surface area (Å²) in [5.41, 5.74) is 0.855. The Morgan fingerprint density at radius 3 is 2.32 bits per heavy atom. The third-order valence-corrected chi connectivity index (χ3v) is 4.38. The number of sulfonamides is 1. The maximum atomic E-state index is 12.5. The minimum absolute atomic E-state index is 0.130. The highest BCUT2D eigenvalue weighted by Crippen LogP contribution is 2.32. The van der Waals surface area contributed by atoms with E-state index in [0.29, 0.717) is 11.8 Å². The standard InChI is InChI=1S/C15H13F2NO2S2/c16-15(17)21-14-9-5-4-8-13(14)18-22(19,20)11-10-12-6-2-1-3-7-12/h1-11,15,18H/b11-10+. The number of benzene rings is 2. The first-order valence-corrected chi connectivity index (χ1v) is 8.69. The first-order chi connectivity index (χ1) is 10.5. The third kappa shape index (κ3) is 5.16. The molecule has 7 heteroatoms. The molecular weight excluding hydrogens is 328 g/mol. The van der Waals surface area contributed by atoms with E-state index < -0.39 is 15.8 Å². The molecule has 2 aromatic rings. The molecule has 0 bridgehead atoms. The summed E-state index contributed by atoms with van der Waals surface area (Å²) in [5.74, 6) is -2.62. The molecule has 0 spiro atoms. The molecule has 0 amide bonds. The van der Waals surface area contributed by atoms with Gasteiger partial charge in [0.2, 0.25) is 0 Å². The Labute approximate surface area is 132 Å². The predicted octanol–water partition coefficient (Wildman–Crippen LogP) is 4.41. The molecule has 0 aliphatic rings. The largest absolute Gasteiger partial charge is 0.288 e. The van der Waals surface area contributed by atoms with Gasteiger partial charge in [0.05, 0.1) is 11.1 Å². The molecule has 0 unspecified atom stereocenters. The summed E-state index contributed by atoms with van der Waals surface area (Å²) >= 11 is 0.296. The van der Waals surface area contributed by atoms with Crippen LogP contribution >= 0.6 is 11.8 Å². The Morgan fingerprint density at radius 1 is 1.00 bits per heavy atom. The second kappa shape index (κ2) is 7.42. The van der Waals surface area contributed by atoms with Crippen LogP contribution in [0.4, 0.5) is 14.5 Å². The molecule has 2 rings (SSSR count). The van der Waals surface area contributed by atoms with Crippen LogP contribution in [0.5, 0.6) is 0 Å². The van der Waals surface area contributed by atoms with Gasteiger partial charge in [-0.3, -0.25) is 4.72 Å². The smallest absolute Gasteiger partial charge is 0.279 e. The van der Waals surface area contributed by atoms with Crippen molar-refractivity contribution in [3.05, 3.63) is 65.6 Å². The summed E-state index contributed by atoms with van der Waals surface area (Å²) in [6, 6.07) is 14.9. The summed E-state index contributed by atoms with van der Waals surface area (Å²) in [4.78, 5) is 0.175. The number of hydrogen-bond acceptors (Lipinski definition) is 3. The van der Waals surface area contributed by atoms with Crippen molar-refractivity contribution in [2.45, 2.75) is 10.7 Å². The van der Waals surface area contributed by atoms with Crippen molar-refractivity contribution in [3.63, 3.8) is 0 Å². The first-order valence-electron chi connectivity index (χ1n) is 6.26. The second-order valence-corrected chi connectivity index (χ2v) is 6.83. The van der Waals surface area contributed by atoms with Gasteiger partial charge in [-0.25, -0.2) is 8.42 Å². The van der Waals surface area contributed by atoms with Gasteiger partial charge in [0, 0.05) is 4.90 Å². The summed E-state index contributed by atoms with van der Waals surface area (Å²) in [6.45, 7) is 0. The molecule has 0 aliphatic heterocycles. The van der Waals surface area contributed by atoms with Gasteiger partial charge >= 0.3 is 0 Å². The van der Waals surface area contributed by atoms with Gasteiger partial charge in [-0.05, 0) is 23.8 Å². The highest BCUT2D eigenvalue weighted by molar-refractivity contribution is 8.00. The van der Waals surface area contributed by atoms with Crippen LogP contribution < -0.4 is 4.72 Å².